The maximum absolute atomic E-state index is 5.38. The molecule has 0 saturated heterocycles. The number of ether oxygens (including phenoxy) is 2. The molecule has 0 heterocycles. The zero-order chi connectivity index (χ0) is 12.3. The topological polar surface area (TPSA) is 18.5 Å². The molecule has 0 amide bonds. The van der Waals surface area contributed by atoms with Crippen LogP contribution >= 0.6 is 0 Å². The third kappa shape index (κ3) is 5.91. The Morgan fingerprint density at radius 1 is 1.35 bits per heavy atom. The van der Waals surface area contributed by atoms with E-state index in [-0.39, 0.29) is 6.10 Å². The van der Waals surface area contributed by atoms with E-state index in [1.807, 2.05) is 30.3 Å². The number of methoxy groups -OCH3 is 1. The minimum absolute atomic E-state index is 0.0139. The van der Waals surface area contributed by atoms with Gasteiger partial charge in [-0.1, -0.05) is 36.1 Å². The van der Waals surface area contributed by atoms with E-state index in [2.05, 4.69) is 18.4 Å². The highest BCUT2D eigenvalue weighted by atomic mass is 16.7. The second kappa shape index (κ2) is 8.58. The fourth-order valence-corrected chi connectivity index (χ4v) is 1.33. The van der Waals surface area contributed by atoms with Crippen LogP contribution in [0.2, 0.25) is 0 Å². The average molecular weight is 230 g/mol. The van der Waals surface area contributed by atoms with Gasteiger partial charge in [0.2, 0.25) is 0 Å². The van der Waals surface area contributed by atoms with Crippen molar-refractivity contribution in [1.82, 2.24) is 0 Å². The Morgan fingerprint density at radius 3 is 2.76 bits per heavy atom. The first-order valence-electron chi connectivity index (χ1n) is 5.64. The van der Waals surface area contributed by atoms with Gasteiger partial charge < -0.3 is 9.47 Å². The summed E-state index contributed by atoms with van der Waals surface area (Å²) in [5.74, 6) is 6.23. The predicted octanol–water partition coefficient (Wildman–Crippen LogP) is 2.99. The Morgan fingerprint density at radius 2 is 2.12 bits per heavy atom. The Hall–Kier alpha value is -1.56. The molecule has 2 nitrogen and oxygen atoms in total. The highest BCUT2D eigenvalue weighted by molar-refractivity contribution is 5.33. The van der Waals surface area contributed by atoms with E-state index in [0.717, 1.165) is 18.4 Å². The molecule has 0 spiro atoms. The second-order valence-corrected chi connectivity index (χ2v) is 3.55. The summed E-state index contributed by atoms with van der Waals surface area (Å²) in [6.07, 6.45) is 3.42. The monoisotopic (exact) mass is 230 g/mol. The molecule has 1 aromatic rings. The Labute approximate surface area is 103 Å². The third-order valence-electron chi connectivity index (χ3n) is 2.22. The molecule has 2 heteroatoms. The summed E-state index contributed by atoms with van der Waals surface area (Å²) in [6, 6.07) is 9.95. The van der Waals surface area contributed by atoms with Crippen LogP contribution in [0.1, 0.15) is 18.4 Å². The van der Waals surface area contributed by atoms with Crippen molar-refractivity contribution in [1.29, 1.82) is 0 Å². The first-order chi connectivity index (χ1) is 8.36. The molecule has 0 N–H and O–H groups in total. The van der Waals surface area contributed by atoms with E-state index < -0.39 is 0 Å². The summed E-state index contributed by atoms with van der Waals surface area (Å²) in [5.41, 5.74) is 1.04. The lowest BCUT2D eigenvalue weighted by molar-refractivity contribution is -0.0569. The van der Waals surface area contributed by atoms with Crippen molar-refractivity contribution in [2.75, 3.05) is 13.9 Å². The lowest BCUT2D eigenvalue weighted by Crippen LogP contribution is -2.11. The fraction of sp³-hybridized carbons (Fsp3) is 0.333. The van der Waals surface area contributed by atoms with Gasteiger partial charge in [-0.3, -0.25) is 0 Å². The fourth-order valence-electron chi connectivity index (χ4n) is 1.33. The predicted molar refractivity (Wildman–Crippen MR) is 69.5 cm³/mol. The van der Waals surface area contributed by atoms with Crippen molar-refractivity contribution in [3.63, 3.8) is 0 Å². The van der Waals surface area contributed by atoms with Gasteiger partial charge in [0.1, 0.15) is 6.79 Å². The molecule has 1 rings (SSSR count). The van der Waals surface area contributed by atoms with E-state index in [0.29, 0.717) is 6.79 Å². The normalized spacial score (nSPS) is 11.4. The first kappa shape index (κ1) is 13.5. The van der Waals surface area contributed by atoms with Crippen LogP contribution in [0, 0.1) is 11.8 Å². The molecule has 0 saturated carbocycles. The van der Waals surface area contributed by atoms with Crippen molar-refractivity contribution in [2.24, 2.45) is 0 Å². The van der Waals surface area contributed by atoms with Crippen LogP contribution in [0.25, 0.3) is 0 Å². The number of hydrogen-bond acceptors (Lipinski definition) is 2. The summed E-state index contributed by atoms with van der Waals surface area (Å²) < 4.78 is 10.2. The van der Waals surface area contributed by atoms with Gasteiger partial charge in [0.25, 0.3) is 0 Å². The molecular formula is C15H18O2. The van der Waals surface area contributed by atoms with Crippen LogP contribution in [-0.2, 0) is 9.47 Å². The molecule has 90 valence electrons. The maximum atomic E-state index is 5.38. The standard InChI is InChI=1S/C15H18O2/c1-3-15(17-13-16-2)12-8-7-11-14-9-5-4-6-10-14/h3-6,9-10,15H,1,8,12-13H2,2H3. The van der Waals surface area contributed by atoms with Gasteiger partial charge in [-0.2, -0.15) is 0 Å². The SMILES string of the molecule is C=CC(CCC#Cc1ccccc1)OCOC. The molecule has 1 atom stereocenters. The van der Waals surface area contributed by atoms with Gasteiger partial charge in [-0.15, -0.1) is 6.58 Å². The highest BCUT2D eigenvalue weighted by Crippen LogP contribution is 2.03. The van der Waals surface area contributed by atoms with E-state index >= 15 is 0 Å². The largest absolute Gasteiger partial charge is 0.359 e. The minimum Gasteiger partial charge on any atom is -0.359 e. The minimum atomic E-state index is 0.0139. The molecule has 0 aliphatic rings. The van der Waals surface area contributed by atoms with Crippen LogP contribution in [0.3, 0.4) is 0 Å². The summed E-state index contributed by atoms with van der Waals surface area (Å²) in [6.45, 7) is 4.02. The zero-order valence-electron chi connectivity index (χ0n) is 10.2. The highest BCUT2D eigenvalue weighted by Gasteiger charge is 2.01. The first-order valence-corrected chi connectivity index (χ1v) is 5.64. The smallest absolute Gasteiger partial charge is 0.147 e. The number of benzene rings is 1. The second-order valence-electron chi connectivity index (χ2n) is 3.55. The quantitative estimate of drug-likeness (QED) is 0.425. The van der Waals surface area contributed by atoms with Gasteiger partial charge in [-0.25, -0.2) is 0 Å². The molecule has 0 radical (unpaired) electrons. The van der Waals surface area contributed by atoms with Gasteiger partial charge in [0.15, 0.2) is 0 Å². The molecule has 1 aromatic carbocycles. The van der Waals surface area contributed by atoms with Gasteiger partial charge >= 0.3 is 0 Å². The van der Waals surface area contributed by atoms with Crippen LogP contribution in [0.4, 0.5) is 0 Å². The molecule has 17 heavy (non-hydrogen) atoms. The summed E-state index contributed by atoms with van der Waals surface area (Å²) in [7, 11) is 1.61. The van der Waals surface area contributed by atoms with Crippen molar-refractivity contribution in [3.05, 3.63) is 48.6 Å². The van der Waals surface area contributed by atoms with Gasteiger partial charge in [-0.05, 0) is 18.6 Å². The van der Waals surface area contributed by atoms with Crippen molar-refractivity contribution in [2.45, 2.75) is 18.9 Å². The third-order valence-corrected chi connectivity index (χ3v) is 2.22. The van der Waals surface area contributed by atoms with Crippen LogP contribution in [-0.4, -0.2) is 20.0 Å². The number of hydrogen-bond donors (Lipinski definition) is 0. The van der Waals surface area contributed by atoms with E-state index in [4.69, 9.17) is 9.47 Å². The van der Waals surface area contributed by atoms with E-state index in [1.165, 1.54) is 0 Å². The molecule has 0 aliphatic heterocycles. The Kier molecular flexibility index (Phi) is 6.81. The molecule has 0 bridgehead atoms. The summed E-state index contributed by atoms with van der Waals surface area (Å²) in [5, 5.41) is 0. The summed E-state index contributed by atoms with van der Waals surface area (Å²) >= 11 is 0. The lowest BCUT2D eigenvalue weighted by atomic mass is 10.2. The molecule has 0 aliphatic carbocycles. The molecular weight excluding hydrogens is 212 g/mol. The van der Waals surface area contributed by atoms with Gasteiger partial charge in [0, 0.05) is 19.1 Å². The molecule has 0 aromatic heterocycles. The van der Waals surface area contributed by atoms with Crippen LogP contribution in [0.5, 0.6) is 0 Å². The Balaban J connectivity index is 2.31. The van der Waals surface area contributed by atoms with Crippen molar-refractivity contribution < 1.29 is 9.47 Å². The van der Waals surface area contributed by atoms with Crippen molar-refractivity contribution in [3.8, 4) is 11.8 Å². The Bertz CT molecular complexity index is 373. The average Bonchev–Trinajstić information content (AvgIpc) is 2.39. The molecule has 1 unspecified atom stereocenters. The lowest BCUT2D eigenvalue weighted by Gasteiger charge is -2.10. The van der Waals surface area contributed by atoms with Crippen molar-refractivity contribution >= 4 is 0 Å². The van der Waals surface area contributed by atoms with Crippen LogP contribution in [0.15, 0.2) is 43.0 Å². The van der Waals surface area contributed by atoms with Crippen LogP contribution < -0.4 is 0 Å². The number of rotatable bonds is 6. The van der Waals surface area contributed by atoms with E-state index in [9.17, 15) is 0 Å². The maximum Gasteiger partial charge on any atom is 0.147 e. The molecule has 0 fully saturated rings. The van der Waals surface area contributed by atoms with Gasteiger partial charge in [0.05, 0.1) is 6.10 Å². The summed E-state index contributed by atoms with van der Waals surface area (Å²) in [4.78, 5) is 0. The zero-order valence-corrected chi connectivity index (χ0v) is 10.2. The van der Waals surface area contributed by atoms with E-state index in [1.54, 1.807) is 13.2 Å².